The van der Waals surface area contributed by atoms with Gasteiger partial charge in [0.2, 0.25) is 6.41 Å². The fourth-order valence-corrected chi connectivity index (χ4v) is 4.45. The molecule has 0 radical (unpaired) electrons. The molecule has 0 saturated carbocycles. The predicted molar refractivity (Wildman–Crippen MR) is 81.1 cm³/mol. The Labute approximate surface area is 133 Å². The Morgan fingerprint density at radius 2 is 1.65 bits per heavy atom. The highest BCUT2D eigenvalue weighted by Gasteiger charge is 2.42. The first-order valence-corrected chi connectivity index (χ1v) is 10.00. The van der Waals surface area contributed by atoms with Gasteiger partial charge >= 0.3 is 15.2 Å². The van der Waals surface area contributed by atoms with Crippen LogP contribution >= 0.6 is 15.2 Å². The van der Waals surface area contributed by atoms with E-state index in [9.17, 15) is 13.9 Å². The maximum atomic E-state index is 11.1. The van der Waals surface area contributed by atoms with Crippen molar-refractivity contribution in [2.45, 2.75) is 24.8 Å². The third-order valence-electron chi connectivity index (χ3n) is 2.97. The number of rotatable bonds is 10. The average molecular weight is 367 g/mol. The minimum Gasteiger partial charge on any atom is -0.324 e. The quantitative estimate of drug-likeness (QED) is 0.273. The van der Waals surface area contributed by atoms with Crippen LogP contribution < -0.4 is 0 Å². The lowest BCUT2D eigenvalue weighted by Crippen LogP contribution is -2.24. The summed E-state index contributed by atoms with van der Waals surface area (Å²) in [5.41, 5.74) is 0.822. The zero-order chi connectivity index (χ0) is 17.5. The molecule has 0 spiro atoms. The van der Waals surface area contributed by atoms with Crippen molar-refractivity contribution in [2.75, 3.05) is 6.54 Å². The summed E-state index contributed by atoms with van der Waals surface area (Å²) in [4.78, 5) is 52.1. The molecule has 9 nitrogen and oxygen atoms in total. The fraction of sp³-hybridized carbons (Fsp3) is 0.417. The first kappa shape index (κ1) is 20.0. The Bertz CT molecular complexity index is 562. The molecule has 1 aromatic rings. The zero-order valence-electron chi connectivity index (χ0n) is 12.1. The minimum atomic E-state index is -4.94. The van der Waals surface area contributed by atoms with Gasteiger partial charge in [-0.25, -0.2) is 5.06 Å². The maximum absolute atomic E-state index is 11.1. The van der Waals surface area contributed by atoms with Crippen molar-refractivity contribution in [2.24, 2.45) is 0 Å². The van der Waals surface area contributed by atoms with Crippen LogP contribution in [0.15, 0.2) is 30.3 Å². The molecule has 4 N–H and O–H groups in total. The number of hydrogen-bond acceptors (Lipinski definition) is 4. The number of carbonyl (C=O) groups excluding carboxylic acids is 1. The van der Waals surface area contributed by atoms with Gasteiger partial charge in [0.05, 0.1) is 0 Å². The molecule has 0 aliphatic heterocycles. The van der Waals surface area contributed by atoms with Gasteiger partial charge in [0.1, 0.15) is 6.61 Å². The number of carbonyl (C=O) groups is 1. The smallest absolute Gasteiger partial charge is 0.324 e. The van der Waals surface area contributed by atoms with Gasteiger partial charge in [0, 0.05) is 6.54 Å². The van der Waals surface area contributed by atoms with Crippen LogP contribution in [0.3, 0.4) is 0 Å². The highest BCUT2D eigenvalue weighted by molar-refractivity contribution is 7.70. The van der Waals surface area contributed by atoms with Gasteiger partial charge in [-0.15, -0.1) is 0 Å². The molecule has 0 heterocycles. The molecule has 0 atom stereocenters. The monoisotopic (exact) mass is 367 g/mol. The molecule has 0 aromatic heterocycles. The van der Waals surface area contributed by atoms with Crippen molar-refractivity contribution < 1.29 is 38.3 Å². The van der Waals surface area contributed by atoms with E-state index in [0.717, 1.165) is 10.6 Å². The SMILES string of the molecule is O=CN(CCCC(P(=O)(O)O)P(=O)(O)O)OCc1ccccc1. The van der Waals surface area contributed by atoms with Crippen molar-refractivity contribution in [3.05, 3.63) is 35.9 Å². The molecule has 1 aromatic carbocycles. The number of hydrogen-bond donors (Lipinski definition) is 4. The number of amides is 1. The third-order valence-corrected chi connectivity index (χ3v) is 6.85. The summed E-state index contributed by atoms with van der Waals surface area (Å²) < 4.78 is 22.2. The van der Waals surface area contributed by atoms with Crippen LogP contribution in [0.25, 0.3) is 0 Å². The topological polar surface area (TPSA) is 145 Å². The third kappa shape index (κ3) is 7.37. The normalized spacial score (nSPS) is 12.4. The van der Waals surface area contributed by atoms with Crippen molar-refractivity contribution >= 4 is 21.6 Å². The summed E-state index contributed by atoms with van der Waals surface area (Å²) in [6, 6.07) is 9.01. The Hall–Kier alpha value is -1.05. The molecule has 11 heteroatoms. The van der Waals surface area contributed by atoms with E-state index in [4.69, 9.17) is 24.4 Å². The molecular weight excluding hydrogens is 348 g/mol. The zero-order valence-corrected chi connectivity index (χ0v) is 13.9. The second-order valence-electron chi connectivity index (χ2n) is 4.81. The van der Waals surface area contributed by atoms with Gasteiger partial charge in [0.25, 0.3) is 0 Å². The lowest BCUT2D eigenvalue weighted by molar-refractivity contribution is -0.177. The van der Waals surface area contributed by atoms with Crippen LogP contribution in [0, 0.1) is 0 Å². The number of benzene rings is 1. The highest BCUT2D eigenvalue weighted by atomic mass is 31.2. The molecule has 0 bridgehead atoms. The standard InChI is InChI=1S/C12H19NO8P2/c14-10-13(21-9-11-5-2-1-3-6-11)8-4-7-12(22(15,16)17)23(18,19)20/h1-3,5-6,10,12H,4,7-9H2,(H2,15,16,17)(H2,18,19,20). The fourth-order valence-electron chi connectivity index (χ4n) is 1.84. The minimum absolute atomic E-state index is 0.0333. The molecular formula is C12H19NO8P2. The molecule has 0 saturated heterocycles. The predicted octanol–water partition coefficient (Wildman–Crippen LogP) is 1.04. The van der Waals surface area contributed by atoms with Crippen molar-refractivity contribution in [3.8, 4) is 0 Å². The van der Waals surface area contributed by atoms with Crippen molar-refractivity contribution in [1.29, 1.82) is 0 Å². The lowest BCUT2D eigenvalue weighted by atomic mass is 10.2. The Balaban J connectivity index is 2.49. The summed E-state index contributed by atoms with van der Waals surface area (Å²) in [7, 11) is -9.88. The lowest BCUT2D eigenvalue weighted by Gasteiger charge is -2.21. The van der Waals surface area contributed by atoms with E-state index in [0.29, 0.717) is 6.41 Å². The van der Waals surface area contributed by atoms with Crippen molar-refractivity contribution in [1.82, 2.24) is 5.06 Å². The average Bonchev–Trinajstić information content (AvgIpc) is 2.45. The van der Waals surface area contributed by atoms with Crippen LogP contribution in [0.4, 0.5) is 0 Å². The van der Waals surface area contributed by atoms with Gasteiger partial charge in [-0.3, -0.25) is 18.8 Å². The van der Waals surface area contributed by atoms with Crippen LogP contribution in [0.2, 0.25) is 0 Å². The van der Waals surface area contributed by atoms with Crippen LogP contribution in [-0.2, 0) is 25.4 Å². The Morgan fingerprint density at radius 1 is 1.09 bits per heavy atom. The molecule has 0 unspecified atom stereocenters. The van der Waals surface area contributed by atoms with Crippen LogP contribution in [-0.4, -0.2) is 43.0 Å². The first-order chi connectivity index (χ1) is 10.6. The van der Waals surface area contributed by atoms with E-state index in [1.54, 1.807) is 24.3 Å². The van der Waals surface area contributed by atoms with Crippen LogP contribution in [0.1, 0.15) is 18.4 Å². The van der Waals surface area contributed by atoms with E-state index in [1.807, 2.05) is 6.07 Å². The second-order valence-corrected chi connectivity index (χ2v) is 8.82. The summed E-state index contributed by atoms with van der Waals surface area (Å²) in [6.07, 6.45) is -0.0745. The molecule has 0 aliphatic carbocycles. The Kier molecular flexibility index (Phi) is 7.57. The molecule has 0 aliphatic rings. The second kappa shape index (κ2) is 8.70. The number of nitrogens with zero attached hydrogens (tertiary/aromatic N) is 1. The van der Waals surface area contributed by atoms with Crippen molar-refractivity contribution in [3.63, 3.8) is 0 Å². The summed E-state index contributed by atoms with van der Waals surface area (Å²) in [5.74, 6) is 0. The first-order valence-electron chi connectivity index (χ1n) is 6.64. The summed E-state index contributed by atoms with van der Waals surface area (Å²) in [5, 5.41) is -1.15. The number of hydroxylamine groups is 2. The molecule has 1 rings (SSSR count). The highest BCUT2D eigenvalue weighted by Crippen LogP contribution is 2.61. The molecule has 1 amide bonds. The summed E-state index contributed by atoms with van der Waals surface area (Å²) in [6.45, 7) is 0.0762. The summed E-state index contributed by atoms with van der Waals surface area (Å²) >= 11 is 0. The van der Waals surface area contributed by atoms with Gasteiger partial charge in [-0.05, 0) is 18.4 Å². The van der Waals surface area contributed by atoms with E-state index in [-0.39, 0.29) is 19.6 Å². The van der Waals surface area contributed by atoms with E-state index in [1.165, 1.54) is 0 Å². The van der Waals surface area contributed by atoms with Crippen LogP contribution in [0.5, 0.6) is 0 Å². The molecule has 0 fully saturated rings. The van der Waals surface area contributed by atoms with E-state index < -0.39 is 27.0 Å². The van der Waals surface area contributed by atoms with E-state index in [2.05, 4.69) is 0 Å². The van der Waals surface area contributed by atoms with Gasteiger partial charge in [-0.1, -0.05) is 30.3 Å². The van der Waals surface area contributed by atoms with Gasteiger partial charge < -0.3 is 19.6 Å². The largest absolute Gasteiger partial charge is 0.340 e. The molecule has 130 valence electrons. The molecule has 23 heavy (non-hydrogen) atoms. The maximum Gasteiger partial charge on any atom is 0.340 e. The van der Waals surface area contributed by atoms with Gasteiger partial charge in [0.15, 0.2) is 5.40 Å². The van der Waals surface area contributed by atoms with Gasteiger partial charge in [-0.2, -0.15) is 0 Å². The Morgan fingerprint density at radius 3 is 2.13 bits per heavy atom. The van der Waals surface area contributed by atoms with E-state index >= 15 is 0 Å².